The minimum Gasteiger partial charge on any atom is -0.469 e. The summed E-state index contributed by atoms with van der Waals surface area (Å²) < 4.78 is 5.19. The van der Waals surface area contributed by atoms with E-state index < -0.39 is 6.10 Å². The van der Waals surface area contributed by atoms with Crippen molar-refractivity contribution in [1.82, 2.24) is 0 Å². The molecule has 2 nitrogen and oxygen atoms in total. The highest BCUT2D eigenvalue weighted by Crippen LogP contribution is 2.31. The Balaban J connectivity index is 2.19. The van der Waals surface area contributed by atoms with Crippen LogP contribution in [0.15, 0.2) is 28.4 Å². The van der Waals surface area contributed by atoms with Gasteiger partial charge in [-0.2, -0.15) is 0 Å². The fourth-order valence-corrected chi connectivity index (χ4v) is 1.99. The summed E-state index contributed by atoms with van der Waals surface area (Å²) in [6.45, 7) is 1.89. The van der Waals surface area contributed by atoms with Gasteiger partial charge in [-0.25, -0.2) is 0 Å². The fourth-order valence-electron chi connectivity index (χ4n) is 1.99. The highest BCUT2D eigenvalue weighted by atomic mass is 16.3. The molecule has 1 unspecified atom stereocenters. The van der Waals surface area contributed by atoms with Gasteiger partial charge in [-0.3, -0.25) is 0 Å². The quantitative estimate of drug-likeness (QED) is 0.730. The van der Waals surface area contributed by atoms with E-state index in [1.807, 2.05) is 13.0 Å². The smallest absolute Gasteiger partial charge is 0.106 e. The Morgan fingerprint density at radius 2 is 2.29 bits per heavy atom. The van der Waals surface area contributed by atoms with E-state index >= 15 is 0 Å². The molecule has 0 bridgehead atoms. The maximum Gasteiger partial charge on any atom is 0.106 e. The van der Waals surface area contributed by atoms with E-state index in [2.05, 4.69) is 6.08 Å². The first kappa shape index (κ1) is 9.53. The first-order valence-corrected chi connectivity index (χ1v) is 5.20. The van der Waals surface area contributed by atoms with Gasteiger partial charge in [-0.05, 0) is 44.2 Å². The van der Waals surface area contributed by atoms with Crippen LogP contribution in [0.5, 0.6) is 0 Å². The second-order valence-electron chi connectivity index (χ2n) is 3.86. The average Bonchev–Trinajstić information content (AvgIpc) is 2.65. The number of hydrogen-bond donors (Lipinski definition) is 1. The van der Waals surface area contributed by atoms with Crippen LogP contribution in [0, 0.1) is 6.92 Å². The predicted molar refractivity (Wildman–Crippen MR) is 55.0 cm³/mol. The van der Waals surface area contributed by atoms with E-state index in [1.54, 1.807) is 6.26 Å². The molecule has 1 N–H and O–H groups in total. The van der Waals surface area contributed by atoms with Gasteiger partial charge in [0.05, 0.1) is 6.26 Å². The molecule has 1 aromatic rings. The van der Waals surface area contributed by atoms with Gasteiger partial charge in [0.2, 0.25) is 0 Å². The Morgan fingerprint density at radius 3 is 2.86 bits per heavy atom. The van der Waals surface area contributed by atoms with E-state index in [9.17, 15) is 5.11 Å². The molecule has 0 saturated heterocycles. The van der Waals surface area contributed by atoms with Crippen LogP contribution in [0.2, 0.25) is 0 Å². The van der Waals surface area contributed by atoms with Crippen LogP contribution in [0.4, 0.5) is 0 Å². The highest BCUT2D eigenvalue weighted by molar-refractivity contribution is 5.27. The van der Waals surface area contributed by atoms with Crippen molar-refractivity contribution in [3.8, 4) is 0 Å². The molecular formula is C12H16O2. The van der Waals surface area contributed by atoms with Crippen molar-refractivity contribution in [1.29, 1.82) is 0 Å². The predicted octanol–water partition coefficient (Wildman–Crippen LogP) is 3.12. The zero-order chi connectivity index (χ0) is 9.97. The molecule has 1 aliphatic carbocycles. The van der Waals surface area contributed by atoms with E-state index in [0.29, 0.717) is 0 Å². The van der Waals surface area contributed by atoms with Gasteiger partial charge in [0.15, 0.2) is 0 Å². The standard InChI is InChI=1S/C12H16O2/c1-9-11(7-8-14-9)12(13)10-5-3-2-4-6-10/h5,7-8,12-13H,2-4,6H2,1H3. The van der Waals surface area contributed by atoms with Crippen molar-refractivity contribution in [2.75, 3.05) is 0 Å². The largest absolute Gasteiger partial charge is 0.469 e. The molecule has 0 fully saturated rings. The van der Waals surface area contributed by atoms with Crippen molar-refractivity contribution >= 4 is 0 Å². The molecule has 2 heteroatoms. The summed E-state index contributed by atoms with van der Waals surface area (Å²) in [5.74, 6) is 0.823. The molecule has 14 heavy (non-hydrogen) atoms. The van der Waals surface area contributed by atoms with Crippen molar-refractivity contribution in [3.63, 3.8) is 0 Å². The molecule has 1 aromatic heterocycles. The maximum absolute atomic E-state index is 10.1. The molecule has 0 spiro atoms. The van der Waals surface area contributed by atoms with E-state index in [4.69, 9.17) is 4.42 Å². The van der Waals surface area contributed by atoms with Crippen molar-refractivity contribution in [2.45, 2.75) is 38.7 Å². The third-order valence-electron chi connectivity index (χ3n) is 2.87. The first-order chi connectivity index (χ1) is 6.79. The molecule has 0 aliphatic heterocycles. The fraction of sp³-hybridized carbons (Fsp3) is 0.500. The molecule has 0 radical (unpaired) electrons. The highest BCUT2D eigenvalue weighted by Gasteiger charge is 2.18. The molecule has 0 aromatic carbocycles. The molecule has 0 amide bonds. The van der Waals surface area contributed by atoms with Crippen LogP contribution in [-0.4, -0.2) is 5.11 Å². The van der Waals surface area contributed by atoms with Crippen LogP contribution in [-0.2, 0) is 0 Å². The maximum atomic E-state index is 10.1. The molecule has 1 aliphatic rings. The summed E-state index contributed by atoms with van der Waals surface area (Å²) >= 11 is 0. The van der Waals surface area contributed by atoms with Gasteiger partial charge in [-0.1, -0.05) is 6.08 Å². The van der Waals surface area contributed by atoms with Crippen LogP contribution < -0.4 is 0 Å². The van der Waals surface area contributed by atoms with Crippen molar-refractivity contribution in [3.05, 3.63) is 35.3 Å². The Kier molecular flexibility index (Phi) is 2.73. The van der Waals surface area contributed by atoms with Crippen LogP contribution in [0.3, 0.4) is 0 Å². The molecule has 1 atom stereocenters. The Morgan fingerprint density at radius 1 is 1.43 bits per heavy atom. The van der Waals surface area contributed by atoms with E-state index in [-0.39, 0.29) is 0 Å². The number of aryl methyl sites for hydroxylation is 1. The lowest BCUT2D eigenvalue weighted by molar-refractivity contribution is 0.206. The molecule has 0 saturated carbocycles. The van der Waals surface area contributed by atoms with Gasteiger partial charge in [0, 0.05) is 5.56 Å². The third-order valence-corrected chi connectivity index (χ3v) is 2.87. The van der Waals surface area contributed by atoms with Gasteiger partial charge in [0.25, 0.3) is 0 Å². The second-order valence-corrected chi connectivity index (χ2v) is 3.86. The molecular weight excluding hydrogens is 176 g/mol. The third kappa shape index (κ3) is 1.75. The normalized spacial score (nSPS) is 19.1. The summed E-state index contributed by atoms with van der Waals surface area (Å²) in [7, 11) is 0. The summed E-state index contributed by atoms with van der Waals surface area (Å²) in [6.07, 6.45) is 7.92. The number of aliphatic hydroxyl groups excluding tert-OH is 1. The molecule has 1 heterocycles. The minimum absolute atomic E-state index is 0.450. The van der Waals surface area contributed by atoms with Crippen LogP contribution >= 0.6 is 0 Å². The first-order valence-electron chi connectivity index (χ1n) is 5.20. The Labute approximate surface area is 84.2 Å². The lowest BCUT2D eigenvalue weighted by atomic mass is 9.92. The van der Waals surface area contributed by atoms with Gasteiger partial charge < -0.3 is 9.52 Å². The SMILES string of the molecule is Cc1occc1C(O)C1=CCCCC1. The summed E-state index contributed by atoms with van der Waals surface area (Å²) in [5.41, 5.74) is 2.07. The number of aliphatic hydroxyl groups is 1. The molecule has 76 valence electrons. The summed E-state index contributed by atoms with van der Waals surface area (Å²) in [4.78, 5) is 0. The van der Waals surface area contributed by atoms with Gasteiger partial charge >= 0.3 is 0 Å². The zero-order valence-electron chi connectivity index (χ0n) is 8.49. The lowest BCUT2D eigenvalue weighted by Crippen LogP contribution is -2.04. The van der Waals surface area contributed by atoms with E-state index in [0.717, 1.165) is 29.7 Å². The molecule has 2 rings (SSSR count). The number of rotatable bonds is 2. The van der Waals surface area contributed by atoms with Crippen LogP contribution in [0.25, 0.3) is 0 Å². The van der Waals surface area contributed by atoms with Crippen molar-refractivity contribution in [2.24, 2.45) is 0 Å². The minimum atomic E-state index is -0.450. The second kappa shape index (κ2) is 4.01. The lowest BCUT2D eigenvalue weighted by Gasteiger charge is -2.18. The average molecular weight is 192 g/mol. The Bertz CT molecular complexity index is 336. The van der Waals surface area contributed by atoms with Crippen LogP contribution in [0.1, 0.15) is 43.1 Å². The monoisotopic (exact) mass is 192 g/mol. The van der Waals surface area contributed by atoms with Crippen molar-refractivity contribution < 1.29 is 9.52 Å². The Hall–Kier alpha value is -1.02. The summed E-state index contributed by atoms with van der Waals surface area (Å²) in [6, 6.07) is 1.86. The zero-order valence-corrected chi connectivity index (χ0v) is 8.49. The number of furan rings is 1. The topological polar surface area (TPSA) is 33.4 Å². The van der Waals surface area contributed by atoms with E-state index in [1.165, 1.54) is 12.8 Å². The van der Waals surface area contributed by atoms with Gasteiger partial charge in [-0.15, -0.1) is 0 Å². The number of allylic oxidation sites excluding steroid dienone is 1. The number of hydrogen-bond acceptors (Lipinski definition) is 2. The summed E-state index contributed by atoms with van der Waals surface area (Å²) in [5, 5.41) is 10.1. The van der Waals surface area contributed by atoms with Gasteiger partial charge in [0.1, 0.15) is 11.9 Å².